The van der Waals surface area contributed by atoms with E-state index in [0.717, 1.165) is 0 Å². The van der Waals surface area contributed by atoms with Crippen LogP contribution >= 0.6 is 0 Å². The Labute approximate surface area is 92.4 Å². The molecular formula is C12H24O3. The molecule has 2 N–H and O–H groups in total. The highest BCUT2D eigenvalue weighted by Gasteiger charge is 2.60. The Kier molecular flexibility index (Phi) is 2.97. The highest BCUT2D eigenvalue weighted by Crippen LogP contribution is 2.51. The molecule has 1 saturated heterocycles. The Morgan fingerprint density at radius 1 is 1.27 bits per heavy atom. The number of ether oxygens (including phenoxy) is 1. The third-order valence-electron chi connectivity index (χ3n) is 3.69. The van der Waals surface area contributed by atoms with Crippen molar-refractivity contribution < 1.29 is 14.9 Å². The van der Waals surface area contributed by atoms with E-state index in [9.17, 15) is 10.2 Å². The summed E-state index contributed by atoms with van der Waals surface area (Å²) in [6.07, 6.45) is -0.178. The Bertz CT molecular complexity index is 236. The van der Waals surface area contributed by atoms with E-state index in [1.807, 2.05) is 0 Å². The van der Waals surface area contributed by atoms with Gasteiger partial charge in [-0.1, -0.05) is 20.8 Å². The van der Waals surface area contributed by atoms with Crippen LogP contribution in [0.2, 0.25) is 0 Å². The number of aliphatic hydroxyl groups is 2. The maximum atomic E-state index is 9.76. The van der Waals surface area contributed by atoms with Crippen LogP contribution in [0.3, 0.4) is 0 Å². The molecule has 0 aromatic heterocycles. The smallest absolute Gasteiger partial charge is 0.0969 e. The van der Waals surface area contributed by atoms with Gasteiger partial charge in [0.25, 0.3) is 0 Å². The van der Waals surface area contributed by atoms with Crippen molar-refractivity contribution in [2.45, 2.75) is 71.4 Å². The van der Waals surface area contributed by atoms with Crippen molar-refractivity contribution in [2.24, 2.45) is 5.41 Å². The van der Waals surface area contributed by atoms with Crippen molar-refractivity contribution in [3.05, 3.63) is 0 Å². The molecule has 1 aliphatic rings. The average molecular weight is 216 g/mol. The van der Waals surface area contributed by atoms with Gasteiger partial charge < -0.3 is 14.9 Å². The zero-order valence-electron chi connectivity index (χ0n) is 10.7. The van der Waals surface area contributed by atoms with Crippen molar-refractivity contribution >= 4 is 0 Å². The lowest BCUT2D eigenvalue weighted by Crippen LogP contribution is -2.38. The fourth-order valence-corrected chi connectivity index (χ4v) is 1.69. The first-order valence-electron chi connectivity index (χ1n) is 5.57. The van der Waals surface area contributed by atoms with Crippen molar-refractivity contribution in [3.8, 4) is 0 Å². The van der Waals surface area contributed by atoms with Crippen LogP contribution < -0.4 is 0 Å². The second kappa shape index (κ2) is 3.44. The highest BCUT2D eigenvalue weighted by atomic mass is 16.6. The number of hydrogen-bond acceptors (Lipinski definition) is 3. The molecule has 3 unspecified atom stereocenters. The van der Waals surface area contributed by atoms with Gasteiger partial charge in [0.15, 0.2) is 0 Å². The van der Waals surface area contributed by atoms with Gasteiger partial charge in [0.1, 0.15) is 0 Å². The van der Waals surface area contributed by atoms with E-state index in [2.05, 4.69) is 27.7 Å². The van der Waals surface area contributed by atoms with Gasteiger partial charge in [-0.15, -0.1) is 0 Å². The van der Waals surface area contributed by atoms with Crippen LogP contribution in [0.1, 0.15) is 48.0 Å². The van der Waals surface area contributed by atoms with Crippen LogP contribution in [0.4, 0.5) is 0 Å². The maximum absolute atomic E-state index is 9.76. The second-order valence-electron chi connectivity index (χ2n) is 6.37. The first-order valence-corrected chi connectivity index (χ1v) is 5.57. The Hall–Kier alpha value is -0.120. The number of hydrogen-bond donors (Lipinski definition) is 2. The van der Waals surface area contributed by atoms with E-state index in [0.29, 0.717) is 6.42 Å². The molecule has 0 bridgehead atoms. The van der Waals surface area contributed by atoms with Crippen LogP contribution in [0.5, 0.6) is 0 Å². The fraction of sp³-hybridized carbons (Fsp3) is 1.00. The lowest BCUT2D eigenvalue weighted by atomic mass is 9.78. The number of aliphatic hydroxyl groups excluding tert-OH is 1. The average Bonchev–Trinajstić information content (AvgIpc) is 2.59. The van der Waals surface area contributed by atoms with Gasteiger partial charge in [-0.25, -0.2) is 0 Å². The van der Waals surface area contributed by atoms with Crippen LogP contribution in [0.25, 0.3) is 0 Å². The van der Waals surface area contributed by atoms with E-state index in [-0.39, 0.29) is 17.1 Å². The van der Waals surface area contributed by atoms with E-state index in [1.165, 1.54) is 0 Å². The van der Waals surface area contributed by atoms with Crippen LogP contribution in [-0.2, 0) is 4.74 Å². The number of epoxide rings is 1. The molecule has 1 fully saturated rings. The molecule has 1 rings (SSSR count). The van der Waals surface area contributed by atoms with E-state index >= 15 is 0 Å². The molecule has 0 aromatic rings. The summed E-state index contributed by atoms with van der Waals surface area (Å²) in [5.41, 5.74) is -1.15. The zero-order valence-corrected chi connectivity index (χ0v) is 10.7. The van der Waals surface area contributed by atoms with Gasteiger partial charge >= 0.3 is 0 Å². The van der Waals surface area contributed by atoms with Gasteiger partial charge in [-0.05, 0) is 26.2 Å². The Balaban J connectivity index is 2.53. The first kappa shape index (κ1) is 12.9. The summed E-state index contributed by atoms with van der Waals surface area (Å²) in [7, 11) is 0. The minimum absolute atomic E-state index is 0.0546. The molecule has 0 radical (unpaired) electrons. The standard InChI is InChI=1S/C12H24O3/c1-10(2,3)12(6)9(15-12)7-8(13)11(4,5)14/h8-9,13-14H,7H2,1-6H3. The predicted molar refractivity (Wildman–Crippen MR) is 59.7 cm³/mol. The molecule has 0 amide bonds. The highest BCUT2D eigenvalue weighted by molar-refractivity contribution is 5.08. The monoisotopic (exact) mass is 216 g/mol. The molecule has 0 saturated carbocycles. The fourth-order valence-electron chi connectivity index (χ4n) is 1.69. The largest absolute Gasteiger partial charge is 0.390 e. The Morgan fingerprint density at radius 2 is 1.73 bits per heavy atom. The van der Waals surface area contributed by atoms with Gasteiger partial charge in [-0.3, -0.25) is 0 Å². The molecule has 0 aliphatic carbocycles. The van der Waals surface area contributed by atoms with Crippen LogP contribution in [0, 0.1) is 5.41 Å². The van der Waals surface area contributed by atoms with Crippen molar-refractivity contribution in [3.63, 3.8) is 0 Å². The summed E-state index contributed by atoms with van der Waals surface area (Å²) in [6.45, 7) is 11.7. The summed E-state index contributed by atoms with van der Waals surface area (Å²) in [5, 5.41) is 19.4. The lowest BCUT2D eigenvalue weighted by Gasteiger charge is -2.27. The minimum atomic E-state index is -1.05. The molecule has 90 valence electrons. The summed E-state index contributed by atoms with van der Waals surface area (Å²) in [5.74, 6) is 0. The van der Waals surface area contributed by atoms with Crippen LogP contribution in [-0.4, -0.2) is 33.6 Å². The SMILES string of the molecule is CC(C)(O)C(O)CC1OC1(C)C(C)(C)C. The molecule has 3 heteroatoms. The van der Waals surface area contributed by atoms with Gasteiger partial charge in [0, 0.05) is 6.42 Å². The topological polar surface area (TPSA) is 53.0 Å². The molecular weight excluding hydrogens is 192 g/mol. The quantitative estimate of drug-likeness (QED) is 0.706. The van der Waals surface area contributed by atoms with Gasteiger partial charge in [0.2, 0.25) is 0 Å². The molecule has 15 heavy (non-hydrogen) atoms. The summed E-state index contributed by atoms with van der Waals surface area (Å²) in [4.78, 5) is 0. The second-order valence-corrected chi connectivity index (χ2v) is 6.37. The van der Waals surface area contributed by atoms with Gasteiger partial charge in [0.05, 0.1) is 23.4 Å². The molecule has 3 nitrogen and oxygen atoms in total. The van der Waals surface area contributed by atoms with Gasteiger partial charge in [-0.2, -0.15) is 0 Å². The third-order valence-corrected chi connectivity index (χ3v) is 3.69. The number of rotatable bonds is 3. The van der Waals surface area contributed by atoms with E-state index in [1.54, 1.807) is 13.8 Å². The van der Waals surface area contributed by atoms with Crippen molar-refractivity contribution in [2.75, 3.05) is 0 Å². The lowest BCUT2D eigenvalue weighted by molar-refractivity contribution is -0.0540. The molecule has 1 heterocycles. The van der Waals surface area contributed by atoms with Crippen molar-refractivity contribution in [1.82, 2.24) is 0 Å². The van der Waals surface area contributed by atoms with E-state index < -0.39 is 11.7 Å². The maximum Gasteiger partial charge on any atom is 0.0969 e. The summed E-state index contributed by atoms with van der Waals surface area (Å²) >= 11 is 0. The van der Waals surface area contributed by atoms with E-state index in [4.69, 9.17) is 4.74 Å². The zero-order chi connectivity index (χ0) is 12.1. The molecule has 0 spiro atoms. The Morgan fingerprint density at radius 3 is 2.00 bits per heavy atom. The van der Waals surface area contributed by atoms with Crippen molar-refractivity contribution in [1.29, 1.82) is 0 Å². The first-order chi connectivity index (χ1) is 6.48. The summed E-state index contributed by atoms with van der Waals surface area (Å²) < 4.78 is 5.66. The molecule has 1 aliphatic heterocycles. The molecule has 3 atom stereocenters. The molecule has 0 aromatic carbocycles. The summed E-state index contributed by atoms with van der Waals surface area (Å²) in [6, 6.07) is 0. The third kappa shape index (κ3) is 2.52. The van der Waals surface area contributed by atoms with Crippen LogP contribution in [0.15, 0.2) is 0 Å². The predicted octanol–water partition coefficient (Wildman–Crippen LogP) is 1.71. The minimum Gasteiger partial charge on any atom is -0.390 e. The normalized spacial score (nSPS) is 34.0.